The van der Waals surface area contributed by atoms with Crippen LogP contribution in [0.15, 0.2) is 72.8 Å². The number of hydrogen-bond acceptors (Lipinski definition) is 3. The average Bonchev–Trinajstić information content (AvgIpc) is 2.88. The van der Waals surface area contributed by atoms with Crippen LogP contribution in [0.2, 0.25) is 5.02 Å². The SMILES string of the molecule is CC[C@H](C)NC(=O)[C@@H](Cc1ccccc1)N(Cc1cccc(OC)c1)C(=O)Cc1c(F)cccc1Cl. The van der Waals surface area contributed by atoms with Crippen LogP contribution in [0.3, 0.4) is 0 Å². The van der Waals surface area contributed by atoms with Crippen LogP contribution in [0.25, 0.3) is 0 Å². The molecule has 36 heavy (non-hydrogen) atoms. The van der Waals surface area contributed by atoms with E-state index in [2.05, 4.69) is 5.32 Å². The van der Waals surface area contributed by atoms with E-state index in [1.54, 1.807) is 13.2 Å². The van der Waals surface area contributed by atoms with Crippen LogP contribution >= 0.6 is 11.6 Å². The number of hydrogen-bond donors (Lipinski definition) is 1. The topological polar surface area (TPSA) is 58.6 Å². The molecule has 0 saturated heterocycles. The quantitative estimate of drug-likeness (QED) is 0.366. The lowest BCUT2D eigenvalue weighted by atomic mass is 10.0. The molecule has 0 aliphatic carbocycles. The molecule has 190 valence electrons. The van der Waals surface area contributed by atoms with Gasteiger partial charge in [0.15, 0.2) is 0 Å². The molecular formula is C29H32ClFN2O3. The molecule has 0 aliphatic heterocycles. The van der Waals surface area contributed by atoms with Crippen molar-refractivity contribution in [1.29, 1.82) is 0 Å². The zero-order valence-corrected chi connectivity index (χ0v) is 21.6. The first-order valence-electron chi connectivity index (χ1n) is 12.0. The molecule has 0 aromatic heterocycles. The molecule has 0 spiro atoms. The third-order valence-electron chi connectivity index (χ3n) is 6.15. The van der Waals surface area contributed by atoms with E-state index < -0.39 is 17.8 Å². The molecule has 0 aliphatic rings. The Morgan fingerprint density at radius 1 is 1.03 bits per heavy atom. The minimum absolute atomic E-state index is 0.0643. The van der Waals surface area contributed by atoms with E-state index in [-0.39, 0.29) is 35.5 Å². The minimum atomic E-state index is -0.814. The van der Waals surface area contributed by atoms with Gasteiger partial charge in [-0.25, -0.2) is 4.39 Å². The molecule has 0 saturated carbocycles. The van der Waals surface area contributed by atoms with Crippen LogP contribution in [0.1, 0.15) is 37.0 Å². The van der Waals surface area contributed by atoms with E-state index in [0.717, 1.165) is 17.5 Å². The lowest BCUT2D eigenvalue weighted by molar-refractivity contribution is -0.141. The monoisotopic (exact) mass is 510 g/mol. The number of carbonyl (C=O) groups is 2. The molecule has 0 bridgehead atoms. The standard InChI is InChI=1S/C29H32ClFN2O3/c1-4-20(2)32-29(35)27(17-21-10-6-5-7-11-21)33(19-22-12-8-13-23(16-22)36-3)28(34)18-24-25(30)14-9-15-26(24)31/h5-16,20,27H,4,17-19H2,1-3H3,(H,32,35)/t20-,27+/m0/s1. The normalized spacial score (nSPS) is 12.5. The van der Waals surface area contributed by atoms with E-state index in [0.29, 0.717) is 12.2 Å². The molecule has 0 radical (unpaired) electrons. The van der Waals surface area contributed by atoms with Crippen LogP contribution in [0, 0.1) is 5.82 Å². The highest BCUT2D eigenvalue weighted by Gasteiger charge is 2.31. The van der Waals surface area contributed by atoms with Gasteiger partial charge in [-0.05, 0) is 48.7 Å². The van der Waals surface area contributed by atoms with Gasteiger partial charge in [-0.3, -0.25) is 9.59 Å². The fourth-order valence-corrected chi connectivity index (χ4v) is 4.15. The Morgan fingerprint density at radius 3 is 2.39 bits per heavy atom. The number of nitrogens with zero attached hydrogens (tertiary/aromatic N) is 1. The second-order valence-electron chi connectivity index (χ2n) is 8.77. The first kappa shape index (κ1) is 27.2. The Hall–Kier alpha value is -3.38. The molecule has 7 heteroatoms. The maximum atomic E-state index is 14.6. The van der Waals surface area contributed by atoms with Crippen molar-refractivity contribution in [2.75, 3.05) is 7.11 Å². The van der Waals surface area contributed by atoms with Crippen molar-refractivity contribution >= 4 is 23.4 Å². The molecule has 5 nitrogen and oxygen atoms in total. The van der Waals surface area contributed by atoms with Crippen molar-refractivity contribution in [3.8, 4) is 5.75 Å². The number of rotatable bonds is 11. The number of nitrogens with one attached hydrogen (secondary N) is 1. The first-order valence-corrected chi connectivity index (χ1v) is 12.4. The molecule has 3 rings (SSSR count). The lowest BCUT2D eigenvalue weighted by Crippen LogP contribution is -2.52. The van der Waals surface area contributed by atoms with Gasteiger partial charge in [0.25, 0.3) is 0 Å². The van der Waals surface area contributed by atoms with Gasteiger partial charge in [-0.15, -0.1) is 0 Å². The van der Waals surface area contributed by atoms with Gasteiger partial charge in [0.2, 0.25) is 11.8 Å². The maximum Gasteiger partial charge on any atom is 0.243 e. The van der Waals surface area contributed by atoms with Crippen molar-refractivity contribution in [2.45, 2.75) is 51.7 Å². The second-order valence-corrected chi connectivity index (χ2v) is 9.18. The summed E-state index contributed by atoms with van der Waals surface area (Å²) in [7, 11) is 1.57. The summed E-state index contributed by atoms with van der Waals surface area (Å²) in [5.41, 5.74) is 1.81. The van der Waals surface area contributed by atoms with Crippen LogP contribution in [-0.2, 0) is 29.0 Å². The number of ether oxygens (including phenoxy) is 1. The van der Waals surface area contributed by atoms with Crippen molar-refractivity contribution in [1.82, 2.24) is 10.2 Å². The predicted molar refractivity (Wildman–Crippen MR) is 140 cm³/mol. The molecule has 3 aromatic rings. The number of methoxy groups -OCH3 is 1. The molecule has 3 aromatic carbocycles. The van der Waals surface area contributed by atoms with E-state index in [9.17, 15) is 14.0 Å². The van der Waals surface area contributed by atoms with Gasteiger partial charge in [0.05, 0.1) is 13.5 Å². The molecule has 0 fully saturated rings. The lowest BCUT2D eigenvalue weighted by Gasteiger charge is -2.32. The van der Waals surface area contributed by atoms with Crippen LogP contribution in [0.5, 0.6) is 5.75 Å². The molecule has 0 heterocycles. The Morgan fingerprint density at radius 2 is 1.72 bits per heavy atom. The summed E-state index contributed by atoms with van der Waals surface area (Å²) < 4.78 is 19.9. The van der Waals surface area contributed by atoms with Gasteiger partial charge >= 0.3 is 0 Å². The van der Waals surface area contributed by atoms with Gasteiger partial charge < -0.3 is 15.0 Å². The Kier molecular flexibility index (Phi) is 9.88. The highest BCUT2D eigenvalue weighted by atomic mass is 35.5. The van der Waals surface area contributed by atoms with Gasteiger partial charge in [-0.2, -0.15) is 0 Å². The Balaban J connectivity index is 2.02. The summed E-state index contributed by atoms with van der Waals surface area (Å²) in [5.74, 6) is -0.573. The zero-order chi connectivity index (χ0) is 26.1. The highest BCUT2D eigenvalue weighted by Crippen LogP contribution is 2.23. The van der Waals surface area contributed by atoms with Crippen LogP contribution < -0.4 is 10.1 Å². The van der Waals surface area contributed by atoms with Gasteiger partial charge in [0.1, 0.15) is 17.6 Å². The van der Waals surface area contributed by atoms with Crippen LogP contribution in [-0.4, -0.2) is 35.9 Å². The van der Waals surface area contributed by atoms with E-state index in [4.69, 9.17) is 16.3 Å². The smallest absolute Gasteiger partial charge is 0.243 e. The summed E-state index contributed by atoms with van der Waals surface area (Å²) in [6.07, 6.45) is 0.791. The molecular weight excluding hydrogens is 479 g/mol. The molecule has 1 N–H and O–H groups in total. The summed E-state index contributed by atoms with van der Waals surface area (Å²) >= 11 is 6.23. The number of halogens is 2. The summed E-state index contributed by atoms with van der Waals surface area (Å²) in [6, 6.07) is 20.3. The van der Waals surface area contributed by atoms with Crippen LogP contribution in [0.4, 0.5) is 4.39 Å². The summed E-state index contributed by atoms with van der Waals surface area (Å²) in [4.78, 5) is 28.8. The number of amides is 2. The van der Waals surface area contributed by atoms with Gasteiger partial charge in [-0.1, -0.05) is 67.1 Å². The van der Waals surface area contributed by atoms with E-state index in [1.807, 2.05) is 68.4 Å². The first-order chi connectivity index (χ1) is 17.3. The second kappa shape index (κ2) is 13.1. The molecule has 2 amide bonds. The molecule has 0 unspecified atom stereocenters. The van der Waals surface area contributed by atoms with E-state index in [1.165, 1.54) is 17.0 Å². The predicted octanol–water partition coefficient (Wildman–Crippen LogP) is 5.59. The average molecular weight is 511 g/mol. The third-order valence-corrected chi connectivity index (χ3v) is 6.50. The third kappa shape index (κ3) is 7.31. The summed E-state index contributed by atoms with van der Waals surface area (Å²) in [6.45, 7) is 4.05. The Bertz CT molecular complexity index is 1150. The largest absolute Gasteiger partial charge is 0.497 e. The maximum absolute atomic E-state index is 14.6. The van der Waals surface area contributed by atoms with Crippen molar-refractivity contribution in [3.63, 3.8) is 0 Å². The van der Waals surface area contributed by atoms with Gasteiger partial charge in [0, 0.05) is 29.6 Å². The minimum Gasteiger partial charge on any atom is -0.497 e. The fourth-order valence-electron chi connectivity index (χ4n) is 3.92. The number of benzene rings is 3. The van der Waals surface area contributed by atoms with E-state index >= 15 is 0 Å². The van der Waals surface area contributed by atoms with Crippen molar-refractivity contribution < 1.29 is 18.7 Å². The molecule has 2 atom stereocenters. The highest BCUT2D eigenvalue weighted by molar-refractivity contribution is 6.31. The zero-order valence-electron chi connectivity index (χ0n) is 20.8. The van der Waals surface area contributed by atoms with Crippen molar-refractivity contribution in [2.24, 2.45) is 0 Å². The number of carbonyl (C=O) groups excluding carboxylic acids is 2. The fraction of sp³-hybridized carbons (Fsp3) is 0.310. The van der Waals surface area contributed by atoms with Crippen molar-refractivity contribution in [3.05, 3.63) is 100 Å². The summed E-state index contributed by atoms with van der Waals surface area (Å²) in [5, 5.41) is 3.20. The Labute approximate surface area is 217 Å².